The summed E-state index contributed by atoms with van der Waals surface area (Å²) in [6.45, 7) is 3.40. The number of carbonyl (C=O) groups is 1. The van der Waals surface area contributed by atoms with E-state index < -0.39 is 6.09 Å². The lowest BCUT2D eigenvalue weighted by atomic mass is 10.7. The first kappa shape index (κ1) is 17.0. The van der Waals surface area contributed by atoms with Crippen molar-refractivity contribution in [2.75, 3.05) is 52.8 Å². The number of ether oxygens (including phenoxy) is 4. The number of rotatable bonds is 12. The molecule has 0 aromatic heterocycles. The Morgan fingerprint density at radius 1 is 0.889 bits per heavy atom. The van der Waals surface area contributed by atoms with E-state index in [0.717, 1.165) is 0 Å². The lowest BCUT2D eigenvalue weighted by molar-refractivity contribution is 0.00655. The standard InChI is InChI=1S/C9H22N4O5/c10-1-2-15-3-4-16-5-6-17-7-8-18-9(14)12-13-11/h13H,1-8,10-11H2,(H,12,14). The number of hydrogen-bond donors (Lipinski definition) is 4. The molecule has 0 saturated heterocycles. The number of carbonyl (C=O) groups excluding carboxylic acids is 1. The molecule has 0 heterocycles. The zero-order chi connectivity index (χ0) is 13.5. The molecule has 6 N–H and O–H groups in total. The molecule has 0 spiro atoms. The average molecular weight is 266 g/mol. The van der Waals surface area contributed by atoms with Gasteiger partial charge in [-0.3, -0.25) is 5.84 Å². The molecule has 9 heteroatoms. The fraction of sp³-hybridized carbons (Fsp3) is 0.889. The molecule has 18 heavy (non-hydrogen) atoms. The second-order valence-corrected chi connectivity index (χ2v) is 3.03. The predicted octanol–water partition coefficient (Wildman–Crippen LogP) is -1.90. The van der Waals surface area contributed by atoms with Gasteiger partial charge in [0.15, 0.2) is 0 Å². The topological polar surface area (TPSA) is 130 Å². The lowest BCUT2D eigenvalue weighted by Gasteiger charge is -2.07. The largest absolute Gasteiger partial charge is 0.446 e. The van der Waals surface area contributed by atoms with E-state index in [4.69, 9.17) is 25.8 Å². The molecule has 0 aliphatic rings. The summed E-state index contributed by atoms with van der Waals surface area (Å²) in [6, 6.07) is 0. The van der Waals surface area contributed by atoms with Crippen LogP contribution < -0.4 is 22.5 Å². The Kier molecular flexibility index (Phi) is 13.3. The van der Waals surface area contributed by atoms with Crippen LogP contribution in [-0.4, -0.2) is 58.9 Å². The second-order valence-electron chi connectivity index (χ2n) is 3.03. The van der Waals surface area contributed by atoms with Gasteiger partial charge in [0.2, 0.25) is 0 Å². The van der Waals surface area contributed by atoms with Crippen molar-refractivity contribution in [2.45, 2.75) is 0 Å². The highest BCUT2D eigenvalue weighted by Crippen LogP contribution is 1.82. The van der Waals surface area contributed by atoms with Crippen molar-refractivity contribution in [3.8, 4) is 0 Å². The van der Waals surface area contributed by atoms with Gasteiger partial charge in [0.1, 0.15) is 6.61 Å². The number of nitrogens with two attached hydrogens (primary N) is 2. The molecule has 0 bridgehead atoms. The molecule has 0 radical (unpaired) electrons. The van der Waals surface area contributed by atoms with Crippen molar-refractivity contribution in [2.24, 2.45) is 11.6 Å². The van der Waals surface area contributed by atoms with Crippen molar-refractivity contribution in [3.05, 3.63) is 0 Å². The zero-order valence-electron chi connectivity index (χ0n) is 10.4. The Balaban J connectivity index is 3.01. The van der Waals surface area contributed by atoms with Crippen LogP contribution in [0.2, 0.25) is 0 Å². The molecule has 0 aliphatic heterocycles. The molecule has 0 rings (SSSR count). The van der Waals surface area contributed by atoms with Crippen LogP contribution in [0.25, 0.3) is 0 Å². The monoisotopic (exact) mass is 266 g/mol. The van der Waals surface area contributed by atoms with Gasteiger partial charge in [0.05, 0.1) is 39.6 Å². The van der Waals surface area contributed by atoms with Crippen LogP contribution in [0.1, 0.15) is 0 Å². The summed E-state index contributed by atoms with van der Waals surface area (Å²) < 4.78 is 20.1. The van der Waals surface area contributed by atoms with Crippen LogP contribution >= 0.6 is 0 Å². The van der Waals surface area contributed by atoms with Gasteiger partial charge in [-0.2, -0.15) is 5.53 Å². The lowest BCUT2D eigenvalue weighted by Crippen LogP contribution is -2.42. The molecule has 0 unspecified atom stereocenters. The van der Waals surface area contributed by atoms with E-state index in [-0.39, 0.29) is 6.61 Å². The summed E-state index contributed by atoms with van der Waals surface area (Å²) >= 11 is 0. The molecule has 9 nitrogen and oxygen atoms in total. The highest BCUT2D eigenvalue weighted by Gasteiger charge is 1.98. The van der Waals surface area contributed by atoms with Gasteiger partial charge in [-0.25, -0.2) is 10.2 Å². The van der Waals surface area contributed by atoms with E-state index in [1.54, 1.807) is 0 Å². The SMILES string of the molecule is NCCOCCOCCOCCOC(=O)NNN. The molecule has 108 valence electrons. The Bertz CT molecular complexity index is 196. The van der Waals surface area contributed by atoms with Crippen LogP contribution in [0.4, 0.5) is 4.79 Å². The van der Waals surface area contributed by atoms with Gasteiger partial charge < -0.3 is 24.7 Å². The Labute approximate surface area is 106 Å². The van der Waals surface area contributed by atoms with Crippen LogP contribution in [0.3, 0.4) is 0 Å². The fourth-order valence-corrected chi connectivity index (χ4v) is 0.914. The molecule has 0 aromatic carbocycles. The van der Waals surface area contributed by atoms with Crippen LogP contribution in [0.5, 0.6) is 0 Å². The maximum atomic E-state index is 10.7. The summed E-state index contributed by atoms with van der Waals surface area (Å²) in [4.78, 5) is 10.7. The van der Waals surface area contributed by atoms with E-state index in [1.165, 1.54) is 0 Å². The molecule has 1 amide bonds. The molecule has 0 fully saturated rings. The molecular formula is C9H22N4O5. The molecule has 0 saturated carbocycles. The highest BCUT2D eigenvalue weighted by atomic mass is 16.6. The van der Waals surface area contributed by atoms with Gasteiger partial charge >= 0.3 is 6.09 Å². The maximum Gasteiger partial charge on any atom is 0.422 e. The minimum absolute atomic E-state index is 0.146. The maximum absolute atomic E-state index is 10.7. The zero-order valence-corrected chi connectivity index (χ0v) is 10.4. The number of hydrazine groups is 2. The first-order valence-electron chi connectivity index (χ1n) is 5.63. The number of nitrogens with one attached hydrogen (secondary N) is 2. The Morgan fingerprint density at radius 3 is 1.89 bits per heavy atom. The predicted molar refractivity (Wildman–Crippen MR) is 63.3 cm³/mol. The van der Waals surface area contributed by atoms with Crippen molar-refractivity contribution < 1.29 is 23.7 Å². The Hall–Kier alpha value is -0.970. The third-order valence-electron chi connectivity index (χ3n) is 1.64. The molecule has 0 aromatic rings. The first-order valence-corrected chi connectivity index (χ1v) is 5.63. The summed E-state index contributed by atoms with van der Waals surface area (Å²) in [5.41, 5.74) is 9.24. The number of amides is 1. The van der Waals surface area contributed by atoms with Gasteiger partial charge in [0, 0.05) is 6.54 Å². The van der Waals surface area contributed by atoms with E-state index in [2.05, 4.69) is 4.74 Å². The van der Waals surface area contributed by atoms with Crippen LogP contribution in [0, 0.1) is 0 Å². The Morgan fingerprint density at radius 2 is 1.39 bits per heavy atom. The van der Waals surface area contributed by atoms with E-state index in [1.807, 2.05) is 11.0 Å². The second kappa shape index (κ2) is 14.1. The van der Waals surface area contributed by atoms with Gasteiger partial charge in [0.25, 0.3) is 0 Å². The summed E-state index contributed by atoms with van der Waals surface area (Å²) in [6.07, 6.45) is -0.658. The van der Waals surface area contributed by atoms with Crippen LogP contribution in [-0.2, 0) is 18.9 Å². The summed E-state index contributed by atoms with van der Waals surface area (Å²) in [7, 11) is 0. The van der Waals surface area contributed by atoms with Gasteiger partial charge in [-0.15, -0.1) is 0 Å². The quantitative estimate of drug-likeness (QED) is 0.183. The minimum atomic E-state index is -0.658. The van der Waals surface area contributed by atoms with Crippen molar-refractivity contribution in [1.29, 1.82) is 0 Å². The third kappa shape index (κ3) is 13.1. The van der Waals surface area contributed by atoms with Gasteiger partial charge in [-0.05, 0) is 0 Å². The normalized spacial score (nSPS) is 10.3. The third-order valence-corrected chi connectivity index (χ3v) is 1.64. The van der Waals surface area contributed by atoms with E-state index in [0.29, 0.717) is 46.2 Å². The smallest absolute Gasteiger partial charge is 0.422 e. The number of hydrogen-bond acceptors (Lipinski definition) is 8. The van der Waals surface area contributed by atoms with E-state index in [9.17, 15) is 4.79 Å². The molecular weight excluding hydrogens is 244 g/mol. The van der Waals surface area contributed by atoms with Crippen molar-refractivity contribution >= 4 is 6.09 Å². The average Bonchev–Trinajstić information content (AvgIpc) is 2.36. The minimum Gasteiger partial charge on any atom is -0.446 e. The van der Waals surface area contributed by atoms with Crippen LogP contribution in [0.15, 0.2) is 0 Å². The highest BCUT2D eigenvalue weighted by molar-refractivity contribution is 5.66. The van der Waals surface area contributed by atoms with E-state index >= 15 is 0 Å². The van der Waals surface area contributed by atoms with Crippen molar-refractivity contribution in [3.63, 3.8) is 0 Å². The summed E-state index contributed by atoms with van der Waals surface area (Å²) in [5, 5.41) is 0. The first-order chi connectivity index (χ1) is 8.81. The molecule has 0 atom stereocenters. The van der Waals surface area contributed by atoms with Gasteiger partial charge in [-0.1, -0.05) is 0 Å². The fourth-order valence-electron chi connectivity index (χ4n) is 0.914. The summed E-state index contributed by atoms with van der Waals surface area (Å²) in [5.74, 6) is 4.83. The molecule has 0 aliphatic carbocycles. The van der Waals surface area contributed by atoms with Crippen molar-refractivity contribution in [1.82, 2.24) is 11.0 Å².